The molecule has 0 amide bonds. The van der Waals surface area contributed by atoms with Crippen LogP contribution in [0.4, 0.5) is 5.82 Å². The van der Waals surface area contributed by atoms with Crippen LogP contribution in [0.2, 0.25) is 0 Å². The van der Waals surface area contributed by atoms with E-state index in [4.69, 9.17) is 4.74 Å². The number of rotatable bonds is 2. The Kier molecular flexibility index (Phi) is 5.56. The molecular weight excluding hydrogens is 268 g/mol. The summed E-state index contributed by atoms with van der Waals surface area (Å²) in [7, 11) is 0. The van der Waals surface area contributed by atoms with Gasteiger partial charge < -0.3 is 9.64 Å². The summed E-state index contributed by atoms with van der Waals surface area (Å²) in [5, 5.41) is 0. The van der Waals surface area contributed by atoms with Gasteiger partial charge in [0.15, 0.2) is 0 Å². The van der Waals surface area contributed by atoms with Gasteiger partial charge in [-0.15, -0.1) is 11.3 Å². The summed E-state index contributed by atoms with van der Waals surface area (Å²) in [5.41, 5.74) is 1.20. The Balaban J connectivity index is 0.000000704. The van der Waals surface area contributed by atoms with E-state index in [0.717, 1.165) is 32.1 Å². The van der Waals surface area contributed by atoms with E-state index in [2.05, 4.69) is 41.1 Å². The van der Waals surface area contributed by atoms with Crippen molar-refractivity contribution in [2.45, 2.75) is 20.8 Å². The van der Waals surface area contributed by atoms with Crippen molar-refractivity contribution in [1.29, 1.82) is 0 Å². The summed E-state index contributed by atoms with van der Waals surface area (Å²) >= 11 is 1.81. The van der Waals surface area contributed by atoms with Crippen molar-refractivity contribution in [2.24, 2.45) is 0 Å². The van der Waals surface area contributed by atoms with E-state index in [1.54, 1.807) is 0 Å². The fourth-order valence-electron chi connectivity index (χ4n) is 2.10. The third-order valence-electron chi connectivity index (χ3n) is 3.11. The number of aryl methyl sites for hydroxylation is 1. The van der Waals surface area contributed by atoms with Gasteiger partial charge in [0.1, 0.15) is 5.82 Å². The standard InChI is InChI=1S/C14H16N2OS.C2H6/c1-11-2-4-13(18-11)12-3-5-14(15-10-12)16-6-8-17-9-7-16;1-2/h2-5,10H,6-9H2,1H3;1-2H3. The minimum Gasteiger partial charge on any atom is -0.378 e. The molecule has 0 aromatic carbocycles. The number of nitrogens with zero attached hydrogens (tertiary/aromatic N) is 2. The van der Waals surface area contributed by atoms with Crippen molar-refractivity contribution in [3.05, 3.63) is 35.3 Å². The van der Waals surface area contributed by atoms with Gasteiger partial charge in [-0.2, -0.15) is 0 Å². The molecule has 3 heterocycles. The molecule has 1 fully saturated rings. The summed E-state index contributed by atoms with van der Waals surface area (Å²) in [6.07, 6.45) is 1.97. The molecule has 1 aliphatic heterocycles. The minimum absolute atomic E-state index is 0.799. The number of anilines is 1. The molecule has 0 aliphatic carbocycles. The van der Waals surface area contributed by atoms with E-state index in [1.165, 1.54) is 15.3 Å². The van der Waals surface area contributed by atoms with Crippen molar-refractivity contribution in [3.8, 4) is 10.4 Å². The van der Waals surface area contributed by atoms with E-state index < -0.39 is 0 Å². The lowest BCUT2D eigenvalue weighted by atomic mass is 10.2. The monoisotopic (exact) mass is 290 g/mol. The number of aromatic nitrogens is 1. The SMILES string of the molecule is CC.Cc1ccc(-c2ccc(N3CCOCC3)nc2)s1. The summed E-state index contributed by atoms with van der Waals surface area (Å²) in [4.78, 5) is 9.46. The Labute approximate surface area is 125 Å². The first kappa shape index (κ1) is 15.0. The fourth-order valence-corrected chi connectivity index (χ4v) is 2.96. The van der Waals surface area contributed by atoms with Crippen LogP contribution in [0.5, 0.6) is 0 Å². The molecule has 0 spiro atoms. The van der Waals surface area contributed by atoms with Gasteiger partial charge in [0.2, 0.25) is 0 Å². The van der Waals surface area contributed by atoms with Crippen LogP contribution in [-0.4, -0.2) is 31.3 Å². The Morgan fingerprint density at radius 1 is 1.10 bits per heavy atom. The molecule has 4 heteroatoms. The lowest BCUT2D eigenvalue weighted by Crippen LogP contribution is -2.36. The van der Waals surface area contributed by atoms with Crippen LogP contribution in [-0.2, 0) is 4.74 Å². The minimum atomic E-state index is 0.799. The highest BCUT2D eigenvalue weighted by molar-refractivity contribution is 7.15. The zero-order chi connectivity index (χ0) is 14.4. The van der Waals surface area contributed by atoms with Crippen LogP contribution in [0.3, 0.4) is 0 Å². The Morgan fingerprint density at radius 2 is 1.85 bits per heavy atom. The summed E-state index contributed by atoms with van der Waals surface area (Å²) in [6.45, 7) is 9.60. The molecule has 0 radical (unpaired) electrons. The number of hydrogen-bond donors (Lipinski definition) is 0. The van der Waals surface area contributed by atoms with Gasteiger partial charge in [0.25, 0.3) is 0 Å². The molecule has 2 aromatic rings. The maximum absolute atomic E-state index is 5.35. The molecule has 3 nitrogen and oxygen atoms in total. The first-order chi connectivity index (χ1) is 9.83. The van der Waals surface area contributed by atoms with Crippen LogP contribution in [0.1, 0.15) is 18.7 Å². The molecular formula is C16H22N2OS. The average molecular weight is 290 g/mol. The van der Waals surface area contributed by atoms with Gasteiger partial charge in [-0.05, 0) is 31.2 Å². The normalized spacial score (nSPS) is 14.7. The number of morpholine rings is 1. The van der Waals surface area contributed by atoms with Gasteiger partial charge in [-0.1, -0.05) is 13.8 Å². The molecule has 2 aromatic heterocycles. The van der Waals surface area contributed by atoms with E-state index in [1.807, 2.05) is 31.4 Å². The van der Waals surface area contributed by atoms with Gasteiger partial charge >= 0.3 is 0 Å². The van der Waals surface area contributed by atoms with Crippen molar-refractivity contribution in [2.75, 3.05) is 31.2 Å². The largest absolute Gasteiger partial charge is 0.378 e. The highest BCUT2D eigenvalue weighted by atomic mass is 32.1. The van der Waals surface area contributed by atoms with Crippen molar-refractivity contribution in [3.63, 3.8) is 0 Å². The second-order valence-corrected chi connectivity index (χ2v) is 5.70. The second-order valence-electron chi connectivity index (χ2n) is 4.41. The number of ether oxygens (including phenoxy) is 1. The number of thiophene rings is 1. The topological polar surface area (TPSA) is 25.4 Å². The molecule has 108 valence electrons. The van der Waals surface area contributed by atoms with Gasteiger partial charge in [0, 0.05) is 34.6 Å². The van der Waals surface area contributed by atoms with E-state index in [9.17, 15) is 0 Å². The van der Waals surface area contributed by atoms with E-state index >= 15 is 0 Å². The molecule has 0 unspecified atom stereocenters. The van der Waals surface area contributed by atoms with Crippen molar-refractivity contribution >= 4 is 17.2 Å². The lowest BCUT2D eigenvalue weighted by Gasteiger charge is -2.27. The fraction of sp³-hybridized carbons (Fsp3) is 0.438. The zero-order valence-corrected chi connectivity index (χ0v) is 13.2. The quantitative estimate of drug-likeness (QED) is 0.836. The van der Waals surface area contributed by atoms with Crippen LogP contribution in [0.15, 0.2) is 30.5 Å². The number of pyridine rings is 1. The van der Waals surface area contributed by atoms with E-state index in [-0.39, 0.29) is 0 Å². The maximum atomic E-state index is 5.35. The summed E-state index contributed by atoms with van der Waals surface area (Å²) < 4.78 is 5.35. The predicted molar refractivity (Wildman–Crippen MR) is 86.7 cm³/mol. The van der Waals surface area contributed by atoms with Crippen molar-refractivity contribution < 1.29 is 4.74 Å². The molecule has 0 atom stereocenters. The Hall–Kier alpha value is -1.39. The summed E-state index contributed by atoms with van der Waals surface area (Å²) in [6, 6.07) is 8.57. The molecule has 20 heavy (non-hydrogen) atoms. The van der Waals surface area contributed by atoms with Gasteiger partial charge in [-0.3, -0.25) is 0 Å². The second kappa shape index (κ2) is 7.41. The van der Waals surface area contributed by atoms with Crippen LogP contribution >= 0.6 is 11.3 Å². The first-order valence-corrected chi connectivity index (χ1v) is 8.00. The average Bonchev–Trinajstić information content (AvgIpc) is 2.97. The molecule has 0 saturated carbocycles. The van der Waals surface area contributed by atoms with Crippen LogP contribution in [0, 0.1) is 6.92 Å². The lowest BCUT2D eigenvalue weighted by molar-refractivity contribution is 0.122. The van der Waals surface area contributed by atoms with E-state index in [0.29, 0.717) is 0 Å². The molecule has 3 rings (SSSR count). The van der Waals surface area contributed by atoms with Gasteiger partial charge in [-0.25, -0.2) is 4.98 Å². The van der Waals surface area contributed by atoms with Gasteiger partial charge in [0.05, 0.1) is 13.2 Å². The van der Waals surface area contributed by atoms with Crippen LogP contribution < -0.4 is 4.90 Å². The van der Waals surface area contributed by atoms with Crippen LogP contribution in [0.25, 0.3) is 10.4 Å². The zero-order valence-electron chi connectivity index (χ0n) is 12.4. The molecule has 1 saturated heterocycles. The summed E-state index contributed by atoms with van der Waals surface area (Å²) in [5.74, 6) is 1.05. The first-order valence-electron chi connectivity index (χ1n) is 7.18. The third kappa shape index (κ3) is 3.58. The highest BCUT2D eigenvalue weighted by Crippen LogP contribution is 2.28. The maximum Gasteiger partial charge on any atom is 0.128 e. The van der Waals surface area contributed by atoms with Crippen molar-refractivity contribution in [1.82, 2.24) is 4.98 Å². The Bertz CT molecular complexity index is 516. The number of hydrogen-bond acceptors (Lipinski definition) is 4. The molecule has 1 aliphatic rings. The highest BCUT2D eigenvalue weighted by Gasteiger charge is 2.12. The molecule has 0 N–H and O–H groups in total. The Morgan fingerprint density at radius 3 is 2.40 bits per heavy atom. The predicted octanol–water partition coefficient (Wildman–Crippen LogP) is 3.98. The smallest absolute Gasteiger partial charge is 0.128 e. The molecule has 0 bridgehead atoms. The third-order valence-corrected chi connectivity index (χ3v) is 4.16.